The molecule has 0 aliphatic heterocycles. The molecule has 1 nitrogen and oxygen atoms in total. The Kier molecular flexibility index (Phi) is 3.37. The second-order valence-corrected chi connectivity index (χ2v) is 3.54. The van der Waals surface area contributed by atoms with Crippen LogP contribution >= 0.6 is 27.5 Å². The van der Waals surface area contributed by atoms with Gasteiger partial charge in [-0.2, -0.15) is 0 Å². The molecule has 1 radical (unpaired) electrons. The molecule has 1 atom stereocenters. The molecule has 1 aromatic carbocycles. The number of hydrogen-bond donors (Lipinski definition) is 0. The van der Waals surface area contributed by atoms with Gasteiger partial charge in [-0.25, -0.2) is 5.11 Å². The number of rotatable bonds is 2. The van der Waals surface area contributed by atoms with Crippen molar-refractivity contribution in [2.75, 3.05) is 6.61 Å². The van der Waals surface area contributed by atoms with Crippen LogP contribution < -0.4 is 0 Å². The van der Waals surface area contributed by atoms with Crippen molar-refractivity contribution in [2.24, 2.45) is 0 Å². The molecule has 0 N–H and O–H groups in total. The molecule has 0 saturated carbocycles. The molecule has 0 aliphatic carbocycles. The summed E-state index contributed by atoms with van der Waals surface area (Å²) in [7, 11) is 0. The van der Waals surface area contributed by atoms with Gasteiger partial charge in [-0.1, -0.05) is 34.1 Å². The van der Waals surface area contributed by atoms with E-state index in [2.05, 4.69) is 15.9 Å². The molecule has 0 amide bonds. The van der Waals surface area contributed by atoms with E-state index < -0.39 is 5.38 Å². The SMILES string of the molecule is [O]CC(Cl)c1ccccc1Br. The van der Waals surface area contributed by atoms with Gasteiger partial charge in [0, 0.05) is 4.47 Å². The summed E-state index contributed by atoms with van der Waals surface area (Å²) >= 11 is 9.07. The van der Waals surface area contributed by atoms with Gasteiger partial charge in [0.1, 0.15) is 6.61 Å². The summed E-state index contributed by atoms with van der Waals surface area (Å²) in [4.78, 5) is 0. The Bertz CT molecular complexity index is 239. The summed E-state index contributed by atoms with van der Waals surface area (Å²) in [5.74, 6) is 0. The average Bonchev–Trinajstić information content (AvgIpc) is 2.04. The van der Waals surface area contributed by atoms with E-state index in [1.54, 1.807) is 0 Å². The highest BCUT2D eigenvalue weighted by atomic mass is 79.9. The lowest BCUT2D eigenvalue weighted by Gasteiger charge is -2.06. The van der Waals surface area contributed by atoms with Crippen LogP contribution in [0, 0.1) is 0 Å². The van der Waals surface area contributed by atoms with Crippen LogP contribution in [-0.4, -0.2) is 6.61 Å². The molecular formula is C8H7BrClO. The maximum Gasteiger partial charge on any atom is 0.103 e. The Hall–Kier alpha value is -0.0500. The van der Waals surface area contributed by atoms with Crippen LogP contribution in [0.25, 0.3) is 0 Å². The first-order valence-electron chi connectivity index (χ1n) is 3.22. The predicted molar refractivity (Wildman–Crippen MR) is 48.3 cm³/mol. The van der Waals surface area contributed by atoms with E-state index in [9.17, 15) is 5.11 Å². The molecule has 0 fully saturated rings. The van der Waals surface area contributed by atoms with Crippen molar-refractivity contribution in [1.29, 1.82) is 0 Å². The quantitative estimate of drug-likeness (QED) is 0.701. The minimum atomic E-state index is -0.425. The molecule has 1 rings (SSSR count). The Morgan fingerprint density at radius 2 is 2.09 bits per heavy atom. The van der Waals surface area contributed by atoms with Gasteiger partial charge in [0.05, 0.1) is 5.38 Å². The van der Waals surface area contributed by atoms with Crippen LogP contribution in [0.2, 0.25) is 0 Å². The molecule has 0 aliphatic rings. The molecule has 0 heterocycles. The first-order valence-corrected chi connectivity index (χ1v) is 4.45. The molecule has 0 saturated heterocycles. The first kappa shape index (κ1) is 9.04. The summed E-state index contributed by atoms with van der Waals surface area (Å²) in [6.07, 6.45) is 0. The van der Waals surface area contributed by atoms with Gasteiger partial charge in [-0.15, -0.1) is 11.6 Å². The predicted octanol–water partition coefficient (Wildman–Crippen LogP) is 3.16. The highest BCUT2D eigenvalue weighted by Gasteiger charge is 2.09. The van der Waals surface area contributed by atoms with Crippen molar-refractivity contribution < 1.29 is 5.11 Å². The van der Waals surface area contributed by atoms with E-state index in [1.807, 2.05) is 24.3 Å². The van der Waals surface area contributed by atoms with Crippen molar-refractivity contribution >= 4 is 27.5 Å². The lowest BCUT2D eigenvalue weighted by molar-refractivity contribution is 0.193. The zero-order chi connectivity index (χ0) is 8.27. The maximum atomic E-state index is 10.4. The Balaban J connectivity index is 2.93. The summed E-state index contributed by atoms with van der Waals surface area (Å²) in [5.41, 5.74) is 0.865. The largest absolute Gasteiger partial charge is 0.235 e. The smallest absolute Gasteiger partial charge is 0.103 e. The van der Waals surface area contributed by atoms with Crippen molar-refractivity contribution in [3.8, 4) is 0 Å². The molecule has 0 bridgehead atoms. The molecule has 0 spiro atoms. The normalized spacial score (nSPS) is 13.0. The van der Waals surface area contributed by atoms with Gasteiger partial charge in [0.2, 0.25) is 0 Å². The van der Waals surface area contributed by atoms with Crippen LogP contribution in [0.15, 0.2) is 28.7 Å². The van der Waals surface area contributed by atoms with E-state index in [1.165, 1.54) is 0 Å². The van der Waals surface area contributed by atoms with E-state index in [0.29, 0.717) is 0 Å². The number of halogens is 2. The van der Waals surface area contributed by atoms with Crippen molar-refractivity contribution in [3.05, 3.63) is 34.3 Å². The summed E-state index contributed by atoms with van der Waals surface area (Å²) < 4.78 is 0.899. The average molecular weight is 234 g/mol. The van der Waals surface area contributed by atoms with Gasteiger partial charge in [-0.05, 0) is 11.6 Å². The van der Waals surface area contributed by atoms with E-state index in [-0.39, 0.29) is 6.61 Å². The molecule has 59 valence electrons. The number of hydrogen-bond acceptors (Lipinski definition) is 0. The van der Waals surface area contributed by atoms with Gasteiger partial charge >= 0.3 is 0 Å². The van der Waals surface area contributed by atoms with Gasteiger partial charge in [0.25, 0.3) is 0 Å². The van der Waals surface area contributed by atoms with Gasteiger partial charge in [0.15, 0.2) is 0 Å². The Morgan fingerprint density at radius 3 is 2.64 bits per heavy atom. The molecular weight excluding hydrogens is 227 g/mol. The highest BCUT2D eigenvalue weighted by Crippen LogP contribution is 2.27. The molecule has 0 aromatic heterocycles. The first-order chi connectivity index (χ1) is 5.25. The van der Waals surface area contributed by atoms with E-state index >= 15 is 0 Å². The Morgan fingerprint density at radius 1 is 1.45 bits per heavy atom. The topological polar surface area (TPSA) is 19.9 Å². The lowest BCUT2D eigenvalue weighted by atomic mass is 10.2. The standard InChI is InChI=1S/C8H7BrClO/c9-7-4-2-1-3-6(7)8(10)5-11/h1-4,8H,5H2. The fourth-order valence-corrected chi connectivity index (χ4v) is 1.70. The summed E-state index contributed by atoms with van der Waals surface area (Å²) in [6.45, 7) is -0.288. The fraction of sp³-hybridized carbons (Fsp3) is 0.250. The number of alkyl halides is 1. The zero-order valence-electron chi connectivity index (χ0n) is 5.76. The molecule has 1 unspecified atom stereocenters. The summed E-state index contributed by atoms with van der Waals surface area (Å²) in [5, 5.41) is 10.0. The summed E-state index contributed by atoms with van der Waals surface area (Å²) in [6, 6.07) is 7.48. The van der Waals surface area contributed by atoms with E-state index in [4.69, 9.17) is 11.6 Å². The molecule has 11 heavy (non-hydrogen) atoms. The van der Waals surface area contributed by atoms with Crippen molar-refractivity contribution in [2.45, 2.75) is 5.38 Å². The molecule has 1 aromatic rings. The zero-order valence-corrected chi connectivity index (χ0v) is 8.10. The number of benzene rings is 1. The highest BCUT2D eigenvalue weighted by molar-refractivity contribution is 9.10. The maximum absolute atomic E-state index is 10.4. The lowest BCUT2D eigenvalue weighted by Crippen LogP contribution is -1.94. The fourth-order valence-electron chi connectivity index (χ4n) is 0.819. The second-order valence-electron chi connectivity index (χ2n) is 2.16. The van der Waals surface area contributed by atoms with Gasteiger partial charge < -0.3 is 0 Å². The monoisotopic (exact) mass is 233 g/mol. The third-order valence-corrected chi connectivity index (χ3v) is 2.47. The van der Waals surface area contributed by atoms with Crippen LogP contribution in [0.5, 0.6) is 0 Å². The van der Waals surface area contributed by atoms with Crippen LogP contribution in [0.1, 0.15) is 10.9 Å². The van der Waals surface area contributed by atoms with Gasteiger partial charge in [-0.3, -0.25) is 0 Å². The minimum absolute atomic E-state index is 0.288. The minimum Gasteiger partial charge on any atom is -0.235 e. The van der Waals surface area contributed by atoms with Crippen molar-refractivity contribution in [3.63, 3.8) is 0 Å². The van der Waals surface area contributed by atoms with E-state index in [0.717, 1.165) is 10.0 Å². The van der Waals surface area contributed by atoms with Crippen molar-refractivity contribution in [1.82, 2.24) is 0 Å². The van der Waals surface area contributed by atoms with Crippen LogP contribution in [0.3, 0.4) is 0 Å². The molecule has 3 heteroatoms. The second kappa shape index (κ2) is 4.10. The third-order valence-electron chi connectivity index (χ3n) is 1.39. The van der Waals surface area contributed by atoms with Crippen LogP contribution in [-0.2, 0) is 5.11 Å². The third kappa shape index (κ3) is 2.19. The van der Waals surface area contributed by atoms with Crippen LogP contribution in [0.4, 0.5) is 0 Å². The Labute approximate surface area is 79.1 Å².